The lowest BCUT2D eigenvalue weighted by atomic mass is 10.0. The number of fused-ring (bicyclic) bond motifs is 1. The van der Waals surface area contributed by atoms with Crippen molar-refractivity contribution in [3.8, 4) is 0 Å². The number of hydrogen-bond donors (Lipinski definition) is 2. The number of nitrogens with two attached hydrogens (primary N) is 1. The van der Waals surface area contributed by atoms with Gasteiger partial charge in [0.05, 0.1) is 0 Å². The topological polar surface area (TPSA) is 55.1 Å². The Kier molecular flexibility index (Phi) is 4.25. The minimum Gasteiger partial charge on any atom is -0.354 e. The van der Waals surface area contributed by atoms with Crippen molar-refractivity contribution in [2.24, 2.45) is 5.73 Å². The predicted molar refractivity (Wildman–Crippen MR) is 78.1 cm³/mol. The predicted octanol–water partition coefficient (Wildman–Crippen LogP) is 1.96. The zero-order chi connectivity index (χ0) is 13.9. The number of rotatable bonds is 5. The van der Waals surface area contributed by atoms with Gasteiger partial charge in [0.2, 0.25) is 5.91 Å². The van der Waals surface area contributed by atoms with Crippen LogP contribution in [0.4, 0.5) is 0 Å². The molecule has 3 nitrogen and oxygen atoms in total. The zero-order valence-corrected chi connectivity index (χ0v) is 12.0. The molecular formula is C16H24N2O. The van der Waals surface area contributed by atoms with Gasteiger partial charge in [0.1, 0.15) is 0 Å². The summed E-state index contributed by atoms with van der Waals surface area (Å²) in [5, 5.41) is 2.88. The minimum atomic E-state index is -0.344. The van der Waals surface area contributed by atoms with Gasteiger partial charge in [-0.2, -0.15) is 0 Å². The lowest BCUT2D eigenvalue weighted by Crippen LogP contribution is -2.45. The lowest BCUT2D eigenvalue weighted by molar-refractivity contribution is -0.121. The normalized spacial score (nSPS) is 14.3. The maximum absolute atomic E-state index is 11.7. The van der Waals surface area contributed by atoms with Crippen LogP contribution < -0.4 is 11.1 Å². The largest absolute Gasteiger partial charge is 0.354 e. The fraction of sp³-hybridized carbons (Fsp3) is 0.562. The van der Waals surface area contributed by atoms with Crippen LogP contribution in [0.1, 0.15) is 43.4 Å². The molecule has 0 atom stereocenters. The van der Waals surface area contributed by atoms with Crippen LogP contribution in [0.25, 0.3) is 0 Å². The van der Waals surface area contributed by atoms with Crippen molar-refractivity contribution < 1.29 is 4.79 Å². The minimum absolute atomic E-state index is 0.0824. The molecule has 0 saturated heterocycles. The maximum Gasteiger partial charge on any atom is 0.220 e. The Morgan fingerprint density at radius 1 is 1.32 bits per heavy atom. The summed E-state index contributed by atoms with van der Waals surface area (Å²) < 4.78 is 0. The van der Waals surface area contributed by atoms with E-state index in [4.69, 9.17) is 5.73 Å². The molecule has 0 spiro atoms. The molecule has 1 aliphatic carbocycles. The quantitative estimate of drug-likeness (QED) is 0.850. The third-order valence-electron chi connectivity index (χ3n) is 3.54. The smallest absolute Gasteiger partial charge is 0.220 e. The van der Waals surface area contributed by atoms with Crippen molar-refractivity contribution in [2.75, 3.05) is 6.54 Å². The summed E-state index contributed by atoms with van der Waals surface area (Å²) in [6.45, 7) is 4.34. The number of amides is 1. The van der Waals surface area contributed by atoms with Gasteiger partial charge in [-0.3, -0.25) is 4.79 Å². The Labute approximate surface area is 115 Å². The van der Waals surface area contributed by atoms with Crippen molar-refractivity contribution in [1.29, 1.82) is 0 Å². The molecule has 104 valence electrons. The first-order chi connectivity index (χ1) is 8.94. The number of nitrogens with one attached hydrogen (secondary N) is 1. The van der Waals surface area contributed by atoms with Crippen molar-refractivity contribution in [3.63, 3.8) is 0 Å². The summed E-state index contributed by atoms with van der Waals surface area (Å²) in [4.78, 5) is 11.7. The van der Waals surface area contributed by atoms with E-state index in [0.29, 0.717) is 13.0 Å². The second-order valence-corrected chi connectivity index (χ2v) is 6.22. The van der Waals surface area contributed by atoms with Gasteiger partial charge in [-0.05, 0) is 56.2 Å². The highest BCUT2D eigenvalue weighted by Gasteiger charge is 2.13. The van der Waals surface area contributed by atoms with Gasteiger partial charge in [-0.25, -0.2) is 0 Å². The van der Waals surface area contributed by atoms with Crippen molar-refractivity contribution in [1.82, 2.24) is 5.32 Å². The average Bonchev–Trinajstić information content (AvgIpc) is 2.80. The van der Waals surface area contributed by atoms with Crippen LogP contribution in [-0.4, -0.2) is 18.0 Å². The molecule has 3 heteroatoms. The zero-order valence-electron chi connectivity index (χ0n) is 12.0. The molecule has 0 saturated carbocycles. The van der Waals surface area contributed by atoms with Crippen LogP contribution in [0, 0.1) is 0 Å². The molecule has 0 heterocycles. The molecule has 0 radical (unpaired) electrons. The van der Waals surface area contributed by atoms with Crippen molar-refractivity contribution in [2.45, 2.75) is 51.5 Å². The van der Waals surface area contributed by atoms with Crippen molar-refractivity contribution >= 4 is 5.91 Å². The van der Waals surface area contributed by atoms with E-state index >= 15 is 0 Å². The molecule has 0 unspecified atom stereocenters. The van der Waals surface area contributed by atoms with Crippen LogP contribution in [0.3, 0.4) is 0 Å². The fourth-order valence-corrected chi connectivity index (χ4v) is 2.45. The molecule has 1 aromatic carbocycles. The highest BCUT2D eigenvalue weighted by atomic mass is 16.1. The van der Waals surface area contributed by atoms with Crippen LogP contribution in [0.15, 0.2) is 18.2 Å². The summed E-state index contributed by atoms with van der Waals surface area (Å²) >= 11 is 0. The van der Waals surface area contributed by atoms with Gasteiger partial charge < -0.3 is 11.1 Å². The Hall–Kier alpha value is -1.35. The maximum atomic E-state index is 11.7. The number of carbonyl (C=O) groups is 1. The first-order valence-electron chi connectivity index (χ1n) is 7.10. The third kappa shape index (κ3) is 4.35. The van der Waals surface area contributed by atoms with Gasteiger partial charge in [-0.1, -0.05) is 18.2 Å². The van der Waals surface area contributed by atoms with E-state index in [1.165, 1.54) is 36.0 Å². The van der Waals surface area contributed by atoms with E-state index in [1.54, 1.807) is 0 Å². The van der Waals surface area contributed by atoms with Gasteiger partial charge >= 0.3 is 0 Å². The second kappa shape index (κ2) is 5.74. The molecule has 1 amide bonds. The van der Waals surface area contributed by atoms with E-state index in [9.17, 15) is 4.79 Å². The van der Waals surface area contributed by atoms with Gasteiger partial charge in [-0.15, -0.1) is 0 Å². The molecule has 0 aromatic heterocycles. The molecule has 3 N–H and O–H groups in total. The monoisotopic (exact) mass is 260 g/mol. The number of hydrogen-bond acceptors (Lipinski definition) is 2. The molecule has 2 rings (SSSR count). The molecule has 0 bridgehead atoms. The summed E-state index contributed by atoms with van der Waals surface area (Å²) in [6.07, 6.45) is 5.02. The summed E-state index contributed by atoms with van der Waals surface area (Å²) in [5.74, 6) is 0.0824. The van der Waals surface area contributed by atoms with Gasteiger partial charge in [0.15, 0.2) is 0 Å². The molecule has 1 aliphatic rings. The summed E-state index contributed by atoms with van der Waals surface area (Å²) in [6, 6.07) is 6.64. The lowest BCUT2D eigenvalue weighted by Gasteiger charge is -2.18. The summed E-state index contributed by atoms with van der Waals surface area (Å²) in [7, 11) is 0. The third-order valence-corrected chi connectivity index (χ3v) is 3.54. The van der Waals surface area contributed by atoms with Crippen LogP contribution >= 0.6 is 0 Å². The summed E-state index contributed by atoms with van der Waals surface area (Å²) in [5.41, 5.74) is 9.72. The van der Waals surface area contributed by atoms with Gasteiger partial charge in [0.25, 0.3) is 0 Å². The number of carbonyl (C=O) groups excluding carboxylic acids is 1. The molecule has 0 aliphatic heterocycles. The Morgan fingerprint density at radius 2 is 2.05 bits per heavy atom. The van der Waals surface area contributed by atoms with E-state index in [1.807, 2.05) is 13.8 Å². The van der Waals surface area contributed by atoms with E-state index in [2.05, 4.69) is 23.5 Å². The SMILES string of the molecule is CC(C)(N)CNC(=O)CCc1ccc2c(c1)CCC2. The number of aryl methyl sites for hydroxylation is 3. The fourth-order valence-electron chi connectivity index (χ4n) is 2.45. The van der Waals surface area contributed by atoms with Gasteiger partial charge in [0, 0.05) is 18.5 Å². The Morgan fingerprint density at radius 3 is 2.79 bits per heavy atom. The standard InChI is InChI=1S/C16H24N2O/c1-16(2,17)11-18-15(19)9-7-12-6-8-13-4-3-5-14(13)10-12/h6,8,10H,3-5,7,9,11,17H2,1-2H3,(H,18,19). The van der Waals surface area contributed by atoms with Crippen LogP contribution in [0.2, 0.25) is 0 Å². The Bertz CT molecular complexity index is 460. The van der Waals surface area contributed by atoms with E-state index < -0.39 is 0 Å². The molecule has 1 aromatic rings. The van der Waals surface area contributed by atoms with E-state index in [-0.39, 0.29) is 11.4 Å². The first kappa shape index (κ1) is 14.1. The number of benzene rings is 1. The van der Waals surface area contributed by atoms with E-state index in [0.717, 1.165) is 6.42 Å². The second-order valence-electron chi connectivity index (χ2n) is 6.22. The highest BCUT2D eigenvalue weighted by Crippen LogP contribution is 2.23. The van der Waals surface area contributed by atoms with Crippen molar-refractivity contribution in [3.05, 3.63) is 34.9 Å². The van der Waals surface area contributed by atoms with Crippen LogP contribution in [-0.2, 0) is 24.1 Å². The first-order valence-corrected chi connectivity index (χ1v) is 7.10. The molecular weight excluding hydrogens is 236 g/mol. The average molecular weight is 260 g/mol. The van der Waals surface area contributed by atoms with Crippen LogP contribution in [0.5, 0.6) is 0 Å². The molecule has 0 fully saturated rings. The molecule has 19 heavy (non-hydrogen) atoms. The highest BCUT2D eigenvalue weighted by molar-refractivity contribution is 5.76. The Balaban J connectivity index is 1.81.